The van der Waals surface area contributed by atoms with Crippen LogP contribution in [0.25, 0.3) is 0 Å². The molecule has 94 valence electrons. The number of halogens is 1. The van der Waals surface area contributed by atoms with Crippen molar-refractivity contribution < 1.29 is 0 Å². The number of rotatable bonds is 3. The van der Waals surface area contributed by atoms with Gasteiger partial charge in [0.1, 0.15) is 5.82 Å². The maximum absolute atomic E-state index is 5.36. The SMILES string of the molecule is CCC1CCC(C)N1c1nc(NN)ncc1Br. The predicted octanol–water partition coefficient (Wildman–Crippen LogP) is 2.29. The third kappa shape index (κ3) is 2.37. The second kappa shape index (κ2) is 5.18. The fraction of sp³-hybridized carbons (Fsp3) is 0.636. The highest BCUT2D eigenvalue weighted by molar-refractivity contribution is 9.10. The normalized spacial score (nSPS) is 24.1. The molecule has 0 aromatic carbocycles. The predicted molar refractivity (Wildman–Crippen MR) is 72.8 cm³/mol. The molecule has 2 atom stereocenters. The summed E-state index contributed by atoms with van der Waals surface area (Å²) in [6.07, 6.45) is 5.31. The van der Waals surface area contributed by atoms with Crippen LogP contribution in [0.4, 0.5) is 11.8 Å². The Labute approximate surface area is 110 Å². The van der Waals surface area contributed by atoms with Gasteiger partial charge in [-0.25, -0.2) is 10.8 Å². The van der Waals surface area contributed by atoms with Crippen LogP contribution < -0.4 is 16.2 Å². The molecule has 3 N–H and O–H groups in total. The van der Waals surface area contributed by atoms with E-state index in [0.29, 0.717) is 18.0 Å². The van der Waals surface area contributed by atoms with E-state index in [1.165, 1.54) is 12.8 Å². The quantitative estimate of drug-likeness (QED) is 0.662. The lowest BCUT2D eigenvalue weighted by atomic mass is 10.1. The van der Waals surface area contributed by atoms with Crippen LogP contribution in [0, 0.1) is 0 Å². The van der Waals surface area contributed by atoms with Crippen LogP contribution in [0.2, 0.25) is 0 Å². The van der Waals surface area contributed by atoms with Gasteiger partial charge in [0.15, 0.2) is 0 Å². The molecule has 1 fully saturated rings. The molecule has 0 saturated carbocycles. The second-order valence-corrected chi connectivity index (χ2v) is 5.26. The first-order valence-corrected chi connectivity index (χ1v) is 6.74. The summed E-state index contributed by atoms with van der Waals surface area (Å²) in [6.45, 7) is 4.45. The highest BCUT2D eigenvalue weighted by Gasteiger charge is 2.31. The number of hydrazine groups is 1. The fourth-order valence-electron chi connectivity index (χ4n) is 2.46. The lowest BCUT2D eigenvalue weighted by Crippen LogP contribution is -2.35. The summed E-state index contributed by atoms with van der Waals surface area (Å²) >= 11 is 3.52. The van der Waals surface area contributed by atoms with Gasteiger partial charge in [0.25, 0.3) is 0 Å². The molecule has 6 heteroatoms. The molecule has 5 nitrogen and oxygen atoms in total. The van der Waals surface area contributed by atoms with E-state index in [1.807, 2.05) is 0 Å². The Kier molecular flexibility index (Phi) is 3.83. The Bertz CT molecular complexity index is 397. The van der Waals surface area contributed by atoms with E-state index in [-0.39, 0.29) is 0 Å². The zero-order valence-electron chi connectivity index (χ0n) is 10.2. The molecule has 17 heavy (non-hydrogen) atoms. The first kappa shape index (κ1) is 12.6. The van der Waals surface area contributed by atoms with Crippen LogP contribution in [-0.2, 0) is 0 Å². The van der Waals surface area contributed by atoms with E-state index in [0.717, 1.165) is 16.7 Å². The van der Waals surface area contributed by atoms with Crippen molar-refractivity contribution in [3.05, 3.63) is 10.7 Å². The first-order chi connectivity index (χ1) is 8.17. The summed E-state index contributed by atoms with van der Waals surface area (Å²) in [5.41, 5.74) is 2.50. The van der Waals surface area contributed by atoms with Gasteiger partial charge in [-0.2, -0.15) is 4.98 Å². The molecule has 1 saturated heterocycles. The molecule has 2 heterocycles. The van der Waals surface area contributed by atoms with Crippen molar-refractivity contribution in [3.8, 4) is 0 Å². The van der Waals surface area contributed by atoms with Gasteiger partial charge < -0.3 is 4.90 Å². The third-order valence-electron chi connectivity index (χ3n) is 3.36. The summed E-state index contributed by atoms with van der Waals surface area (Å²) in [5.74, 6) is 6.75. The maximum atomic E-state index is 5.36. The first-order valence-electron chi connectivity index (χ1n) is 5.94. The molecule has 0 bridgehead atoms. The molecule has 0 radical (unpaired) electrons. The highest BCUT2D eigenvalue weighted by atomic mass is 79.9. The summed E-state index contributed by atoms with van der Waals surface area (Å²) < 4.78 is 0.920. The van der Waals surface area contributed by atoms with Crippen LogP contribution in [-0.4, -0.2) is 22.1 Å². The van der Waals surface area contributed by atoms with Crippen molar-refractivity contribution in [1.82, 2.24) is 9.97 Å². The van der Waals surface area contributed by atoms with Gasteiger partial charge in [-0.3, -0.25) is 5.43 Å². The molecule has 2 unspecified atom stereocenters. The summed E-state index contributed by atoms with van der Waals surface area (Å²) in [7, 11) is 0. The van der Waals surface area contributed by atoms with Gasteiger partial charge in [-0.05, 0) is 42.1 Å². The van der Waals surface area contributed by atoms with E-state index in [1.54, 1.807) is 6.20 Å². The number of nitrogens with two attached hydrogens (primary N) is 1. The van der Waals surface area contributed by atoms with E-state index in [2.05, 4.69) is 50.1 Å². The monoisotopic (exact) mass is 299 g/mol. The van der Waals surface area contributed by atoms with E-state index in [4.69, 9.17) is 5.84 Å². The summed E-state index contributed by atoms with van der Waals surface area (Å²) in [5, 5.41) is 0. The Hall–Kier alpha value is -0.880. The van der Waals surface area contributed by atoms with Crippen LogP contribution >= 0.6 is 15.9 Å². The third-order valence-corrected chi connectivity index (χ3v) is 3.92. The zero-order valence-corrected chi connectivity index (χ0v) is 11.7. The number of nitrogen functional groups attached to an aromatic ring is 1. The molecular formula is C11H18BrN5. The number of nitrogens with one attached hydrogen (secondary N) is 1. The van der Waals surface area contributed by atoms with Gasteiger partial charge in [0, 0.05) is 18.3 Å². The topological polar surface area (TPSA) is 67.1 Å². The Balaban J connectivity index is 2.37. The van der Waals surface area contributed by atoms with Crippen molar-refractivity contribution in [1.29, 1.82) is 0 Å². The number of aromatic nitrogens is 2. The number of nitrogens with zero attached hydrogens (tertiary/aromatic N) is 3. The van der Waals surface area contributed by atoms with E-state index < -0.39 is 0 Å². The van der Waals surface area contributed by atoms with Crippen LogP contribution in [0.1, 0.15) is 33.1 Å². The molecule has 1 aromatic heterocycles. The highest BCUT2D eigenvalue weighted by Crippen LogP contribution is 2.35. The van der Waals surface area contributed by atoms with E-state index in [9.17, 15) is 0 Å². The van der Waals surface area contributed by atoms with Crippen molar-refractivity contribution in [2.45, 2.75) is 45.2 Å². The molecule has 2 rings (SSSR count). The zero-order chi connectivity index (χ0) is 12.4. The lowest BCUT2D eigenvalue weighted by Gasteiger charge is -2.30. The summed E-state index contributed by atoms with van der Waals surface area (Å²) in [6, 6.07) is 1.07. The molecule has 0 spiro atoms. The molecule has 1 aromatic rings. The van der Waals surface area contributed by atoms with Crippen molar-refractivity contribution in [2.24, 2.45) is 5.84 Å². The molecule has 1 aliphatic heterocycles. The molecule has 0 aliphatic carbocycles. The number of anilines is 2. The fourth-order valence-corrected chi connectivity index (χ4v) is 2.86. The van der Waals surface area contributed by atoms with Gasteiger partial charge in [0.2, 0.25) is 5.95 Å². The summed E-state index contributed by atoms with van der Waals surface area (Å²) in [4.78, 5) is 10.9. The Morgan fingerprint density at radius 1 is 1.59 bits per heavy atom. The Morgan fingerprint density at radius 2 is 2.35 bits per heavy atom. The largest absolute Gasteiger partial charge is 0.350 e. The average molecular weight is 300 g/mol. The molecule has 0 amide bonds. The number of hydrogen-bond acceptors (Lipinski definition) is 5. The standard InChI is InChI=1S/C11H18BrN5/c1-3-8-5-4-7(2)17(8)10-9(12)6-14-11(15-10)16-13/h6-8H,3-5,13H2,1-2H3,(H,14,15,16). The van der Waals surface area contributed by atoms with E-state index >= 15 is 0 Å². The minimum Gasteiger partial charge on any atom is -0.350 e. The number of hydrogen-bond donors (Lipinski definition) is 2. The Morgan fingerprint density at radius 3 is 3.00 bits per heavy atom. The van der Waals surface area contributed by atoms with Gasteiger partial charge in [0.05, 0.1) is 4.47 Å². The molecule has 1 aliphatic rings. The average Bonchev–Trinajstić information content (AvgIpc) is 2.71. The lowest BCUT2D eigenvalue weighted by molar-refractivity contribution is 0.619. The van der Waals surface area contributed by atoms with Crippen LogP contribution in [0.3, 0.4) is 0 Å². The van der Waals surface area contributed by atoms with Crippen molar-refractivity contribution in [2.75, 3.05) is 10.3 Å². The van der Waals surface area contributed by atoms with Gasteiger partial charge in [-0.15, -0.1) is 0 Å². The van der Waals surface area contributed by atoms with Crippen LogP contribution in [0.15, 0.2) is 10.7 Å². The van der Waals surface area contributed by atoms with Crippen LogP contribution in [0.5, 0.6) is 0 Å². The minimum absolute atomic E-state index is 0.456. The maximum Gasteiger partial charge on any atom is 0.239 e. The molecular weight excluding hydrogens is 282 g/mol. The van der Waals surface area contributed by atoms with Gasteiger partial charge in [-0.1, -0.05) is 6.92 Å². The smallest absolute Gasteiger partial charge is 0.239 e. The minimum atomic E-state index is 0.456. The van der Waals surface area contributed by atoms with Crippen molar-refractivity contribution >= 4 is 27.7 Å². The second-order valence-electron chi connectivity index (χ2n) is 4.41. The van der Waals surface area contributed by atoms with Gasteiger partial charge >= 0.3 is 0 Å². The van der Waals surface area contributed by atoms with Crippen molar-refractivity contribution in [3.63, 3.8) is 0 Å².